The van der Waals surface area contributed by atoms with E-state index >= 15 is 0 Å². The Balaban J connectivity index is 2.27. The molecule has 132 valence electrons. The molecule has 3 rings (SSSR count). The summed E-state index contributed by atoms with van der Waals surface area (Å²) in [5.41, 5.74) is 2.06. The average Bonchev–Trinajstić information content (AvgIpc) is 2.61. The summed E-state index contributed by atoms with van der Waals surface area (Å²) in [4.78, 5) is 11.7. The number of aromatic carboxylic acids is 1. The fourth-order valence-electron chi connectivity index (χ4n) is 2.90. The molecule has 6 heteroatoms. The number of hydrogen-bond acceptors (Lipinski definition) is 3. The summed E-state index contributed by atoms with van der Waals surface area (Å²) in [5.74, 6) is -1.69. The second-order valence-electron chi connectivity index (χ2n) is 5.75. The van der Waals surface area contributed by atoms with Gasteiger partial charge in [-0.05, 0) is 47.0 Å². The van der Waals surface area contributed by atoms with E-state index in [9.17, 15) is 20.1 Å². The van der Waals surface area contributed by atoms with Crippen molar-refractivity contribution in [2.24, 2.45) is 0 Å². The Hall–Kier alpha value is -2.69. The third-order valence-electron chi connectivity index (χ3n) is 4.11. The molecule has 0 unspecified atom stereocenters. The molecular formula is C20H14Cl2O4. The Morgan fingerprint density at radius 1 is 0.808 bits per heavy atom. The van der Waals surface area contributed by atoms with Crippen molar-refractivity contribution in [3.63, 3.8) is 0 Å². The summed E-state index contributed by atoms with van der Waals surface area (Å²) < 4.78 is 0. The van der Waals surface area contributed by atoms with Crippen molar-refractivity contribution < 1.29 is 20.1 Å². The lowest BCUT2D eigenvalue weighted by Gasteiger charge is -2.21. The van der Waals surface area contributed by atoms with Crippen LogP contribution < -0.4 is 0 Å². The van der Waals surface area contributed by atoms with Crippen molar-refractivity contribution >= 4 is 29.2 Å². The zero-order chi connectivity index (χ0) is 18.8. The van der Waals surface area contributed by atoms with Crippen LogP contribution in [0.4, 0.5) is 0 Å². The first kappa shape index (κ1) is 18.1. The predicted octanol–water partition coefficient (Wildman–Crippen LogP) is 5.28. The molecule has 4 nitrogen and oxygen atoms in total. The normalized spacial score (nSPS) is 10.9. The first-order valence-electron chi connectivity index (χ1n) is 7.67. The molecule has 0 amide bonds. The second-order valence-corrected chi connectivity index (χ2v) is 6.56. The number of benzene rings is 3. The summed E-state index contributed by atoms with van der Waals surface area (Å²) in [6.45, 7) is 0. The first-order chi connectivity index (χ1) is 12.4. The fraction of sp³-hybridized carbons (Fsp3) is 0.0500. The van der Waals surface area contributed by atoms with Gasteiger partial charge in [-0.2, -0.15) is 0 Å². The van der Waals surface area contributed by atoms with Crippen LogP contribution in [0.1, 0.15) is 33.0 Å². The van der Waals surface area contributed by atoms with Crippen LogP contribution in [-0.4, -0.2) is 21.3 Å². The van der Waals surface area contributed by atoms with Crippen molar-refractivity contribution in [1.29, 1.82) is 0 Å². The van der Waals surface area contributed by atoms with Crippen LogP contribution in [0.5, 0.6) is 11.5 Å². The molecule has 0 saturated carbocycles. The molecule has 0 bridgehead atoms. The molecule has 0 saturated heterocycles. The maximum Gasteiger partial charge on any atom is 0.335 e. The van der Waals surface area contributed by atoms with Crippen LogP contribution in [0.3, 0.4) is 0 Å². The van der Waals surface area contributed by atoms with Crippen molar-refractivity contribution in [2.45, 2.75) is 5.92 Å². The Kier molecular flexibility index (Phi) is 5.07. The van der Waals surface area contributed by atoms with Crippen molar-refractivity contribution in [1.82, 2.24) is 0 Å². The monoisotopic (exact) mass is 388 g/mol. The number of aromatic hydroxyl groups is 2. The molecule has 0 atom stereocenters. The summed E-state index contributed by atoms with van der Waals surface area (Å²) in [6, 6.07) is 16.1. The fourth-order valence-corrected chi connectivity index (χ4v) is 3.28. The van der Waals surface area contributed by atoms with Crippen LogP contribution in [0, 0.1) is 0 Å². The van der Waals surface area contributed by atoms with E-state index in [-0.39, 0.29) is 27.1 Å². The Bertz CT molecular complexity index is 934. The standard InChI is InChI=1S/C20H14Cl2O4/c21-15-9-11(5-7-17(15)23)19(12-6-8-18(24)16(22)10-12)13-3-1-2-4-14(13)20(25)26/h1-10,19,23-24H,(H,25,26). The molecule has 0 aliphatic rings. The maximum absolute atomic E-state index is 11.7. The van der Waals surface area contributed by atoms with Gasteiger partial charge in [-0.1, -0.05) is 53.5 Å². The first-order valence-corrected chi connectivity index (χ1v) is 8.43. The lowest BCUT2D eigenvalue weighted by molar-refractivity contribution is 0.0695. The van der Waals surface area contributed by atoms with E-state index in [1.54, 1.807) is 42.5 Å². The van der Waals surface area contributed by atoms with E-state index in [1.165, 1.54) is 18.2 Å². The average molecular weight is 389 g/mol. The van der Waals surface area contributed by atoms with Gasteiger partial charge in [0.05, 0.1) is 15.6 Å². The van der Waals surface area contributed by atoms with Gasteiger partial charge in [-0.25, -0.2) is 4.79 Å². The van der Waals surface area contributed by atoms with E-state index in [0.717, 1.165) is 0 Å². The van der Waals surface area contributed by atoms with Gasteiger partial charge in [0, 0.05) is 5.92 Å². The van der Waals surface area contributed by atoms with Gasteiger partial charge in [0.2, 0.25) is 0 Å². The molecule has 0 aromatic heterocycles. The zero-order valence-corrected chi connectivity index (χ0v) is 14.9. The minimum absolute atomic E-state index is 0.0653. The summed E-state index contributed by atoms with van der Waals surface area (Å²) in [5, 5.41) is 29.3. The highest BCUT2D eigenvalue weighted by Crippen LogP contribution is 2.39. The van der Waals surface area contributed by atoms with Crippen molar-refractivity contribution in [3.8, 4) is 11.5 Å². The highest BCUT2D eigenvalue weighted by atomic mass is 35.5. The molecule has 3 N–H and O–H groups in total. The second kappa shape index (κ2) is 7.28. The summed E-state index contributed by atoms with van der Waals surface area (Å²) >= 11 is 12.1. The van der Waals surface area contributed by atoms with Crippen LogP contribution in [0.25, 0.3) is 0 Å². The van der Waals surface area contributed by atoms with Gasteiger partial charge >= 0.3 is 5.97 Å². The predicted molar refractivity (Wildman–Crippen MR) is 101 cm³/mol. The molecule has 0 aliphatic heterocycles. The van der Waals surface area contributed by atoms with E-state index in [2.05, 4.69) is 0 Å². The Morgan fingerprint density at radius 2 is 1.31 bits per heavy atom. The third-order valence-corrected chi connectivity index (χ3v) is 4.72. The van der Waals surface area contributed by atoms with E-state index in [1.807, 2.05) is 0 Å². The third kappa shape index (κ3) is 3.47. The summed E-state index contributed by atoms with van der Waals surface area (Å²) in [6.07, 6.45) is 0. The smallest absolute Gasteiger partial charge is 0.335 e. The highest BCUT2D eigenvalue weighted by Gasteiger charge is 2.23. The van der Waals surface area contributed by atoms with Gasteiger partial charge in [0.25, 0.3) is 0 Å². The molecule has 0 heterocycles. The van der Waals surface area contributed by atoms with Crippen LogP contribution in [0.15, 0.2) is 60.7 Å². The number of phenolic OH excluding ortho intramolecular Hbond substituents is 2. The largest absolute Gasteiger partial charge is 0.506 e. The minimum Gasteiger partial charge on any atom is -0.506 e. The number of hydrogen-bond donors (Lipinski definition) is 3. The summed E-state index contributed by atoms with van der Waals surface area (Å²) in [7, 11) is 0. The quantitative estimate of drug-likeness (QED) is 0.531. The van der Waals surface area contributed by atoms with Crippen LogP contribution in [0.2, 0.25) is 10.0 Å². The van der Waals surface area contributed by atoms with Gasteiger partial charge in [0.1, 0.15) is 11.5 Å². The molecule has 3 aromatic carbocycles. The van der Waals surface area contributed by atoms with Gasteiger partial charge in [-0.3, -0.25) is 0 Å². The molecule has 0 radical (unpaired) electrons. The van der Waals surface area contributed by atoms with E-state index in [4.69, 9.17) is 23.2 Å². The van der Waals surface area contributed by atoms with Gasteiger partial charge in [0.15, 0.2) is 0 Å². The van der Waals surface area contributed by atoms with Gasteiger partial charge in [-0.15, -0.1) is 0 Å². The number of halogens is 2. The lowest BCUT2D eigenvalue weighted by Crippen LogP contribution is -2.10. The molecule has 3 aromatic rings. The Morgan fingerprint density at radius 3 is 1.77 bits per heavy atom. The number of carboxylic acids is 1. The molecule has 26 heavy (non-hydrogen) atoms. The lowest BCUT2D eigenvalue weighted by atomic mass is 9.83. The number of phenols is 2. The van der Waals surface area contributed by atoms with Crippen molar-refractivity contribution in [2.75, 3.05) is 0 Å². The molecule has 0 aliphatic carbocycles. The molecule has 0 fully saturated rings. The highest BCUT2D eigenvalue weighted by molar-refractivity contribution is 6.32. The van der Waals surface area contributed by atoms with Gasteiger partial charge < -0.3 is 15.3 Å². The van der Waals surface area contributed by atoms with Crippen LogP contribution in [-0.2, 0) is 0 Å². The number of rotatable bonds is 4. The van der Waals surface area contributed by atoms with E-state index in [0.29, 0.717) is 16.7 Å². The minimum atomic E-state index is -1.06. The zero-order valence-electron chi connectivity index (χ0n) is 13.4. The maximum atomic E-state index is 11.7. The topological polar surface area (TPSA) is 77.8 Å². The van der Waals surface area contributed by atoms with E-state index < -0.39 is 11.9 Å². The van der Waals surface area contributed by atoms with Crippen LogP contribution >= 0.6 is 23.2 Å². The molecular weight excluding hydrogens is 375 g/mol. The SMILES string of the molecule is O=C(O)c1ccccc1C(c1ccc(O)c(Cl)c1)c1ccc(O)c(Cl)c1. The number of carboxylic acid groups (broad SMARTS) is 1. The molecule has 0 spiro atoms. The Labute approximate surface area is 159 Å². The van der Waals surface area contributed by atoms with Crippen molar-refractivity contribution in [3.05, 3.63) is 93.0 Å². The number of carbonyl (C=O) groups is 1.